The van der Waals surface area contributed by atoms with Crippen molar-refractivity contribution < 1.29 is 4.57 Å². The molecule has 0 amide bonds. The Morgan fingerprint density at radius 1 is 1.42 bits per heavy atom. The molecule has 62 valence electrons. The summed E-state index contributed by atoms with van der Waals surface area (Å²) in [6.45, 7) is 4.07. The van der Waals surface area contributed by atoms with Crippen LogP contribution in [0, 0.1) is 13.8 Å². The SMILES string of the molecule is Cc1cnc2n(nc[n+]2C)c1C. The molecule has 0 fully saturated rings. The van der Waals surface area contributed by atoms with Crippen molar-refractivity contribution in [2.24, 2.45) is 7.05 Å². The van der Waals surface area contributed by atoms with Crippen LogP contribution in [0.25, 0.3) is 5.78 Å². The van der Waals surface area contributed by atoms with Gasteiger partial charge in [0.2, 0.25) is 6.33 Å². The van der Waals surface area contributed by atoms with Gasteiger partial charge in [-0.05, 0) is 18.9 Å². The van der Waals surface area contributed by atoms with Gasteiger partial charge in [0.1, 0.15) is 5.69 Å². The van der Waals surface area contributed by atoms with Crippen molar-refractivity contribution >= 4 is 5.78 Å². The van der Waals surface area contributed by atoms with Gasteiger partial charge in [-0.3, -0.25) is 0 Å². The van der Waals surface area contributed by atoms with Gasteiger partial charge in [0, 0.05) is 5.56 Å². The first kappa shape index (κ1) is 7.21. The maximum absolute atomic E-state index is 4.26. The Bertz CT molecular complexity index is 430. The molecule has 2 heterocycles. The van der Waals surface area contributed by atoms with Gasteiger partial charge in [-0.1, -0.05) is 4.52 Å². The van der Waals surface area contributed by atoms with E-state index in [1.54, 1.807) is 6.33 Å². The fourth-order valence-electron chi connectivity index (χ4n) is 1.18. The smallest absolute Gasteiger partial charge is 0.227 e. The molecular weight excluding hydrogens is 152 g/mol. The topological polar surface area (TPSA) is 34.1 Å². The minimum absolute atomic E-state index is 0.873. The predicted octanol–water partition coefficient (Wildman–Crippen LogP) is 0.171. The normalized spacial score (nSPS) is 10.9. The number of aryl methyl sites for hydroxylation is 3. The number of hydrogen-bond acceptors (Lipinski definition) is 2. The molecule has 0 aliphatic rings. The maximum atomic E-state index is 4.26. The number of aromatic nitrogens is 4. The third-order valence-corrected chi connectivity index (χ3v) is 2.11. The average Bonchev–Trinajstić information content (AvgIpc) is 2.41. The van der Waals surface area contributed by atoms with Crippen LogP contribution < -0.4 is 4.57 Å². The highest BCUT2D eigenvalue weighted by molar-refractivity contribution is 5.25. The molecule has 4 nitrogen and oxygen atoms in total. The minimum atomic E-state index is 0.873. The fraction of sp³-hybridized carbons (Fsp3) is 0.375. The van der Waals surface area contributed by atoms with Crippen LogP contribution in [0.4, 0.5) is 0 Å². The lowest BCUT2D eigenvalue weighted by molar-refractivity contribution is -0.648. The second kappa shape index (κ2) is 2.27. The molecule has 0 aliphatic heterocycles. The molecular formula is C8H11N4+. The molecule has 0 spiro atoms. The Kier molecular flexibility index (Phi) is 1.36. The van der Waals surface area contributed by atoms with E-state index < -0.39 is 0 Å². The summed E-state index contributed by atoms with van der Waals surface area (Å²) >= 11 is 0. The zero-order chi connectivity index (χ0) is 8.72. The highest BCUT2D eigenvalue weighted by Gasteiger charge is 2.11. The van der Waals surface area contributed by atoms with Crippen LogP contribution in [0.5, 0.6) is 0 Å². The first-order chi connectivity index (χ1) is 5.70. The lowest BCUT2D eigenvalue weighted by atomic mass is 10.3. The Morgan fingerprint density at radius 3 is 2.92 bits per heavy atom. The highest BCUT2D eigenvalue weighted by atomic mass is 15.4. The van der Waals surface area contributed by atoms with Crippen LogP contribution >= 0.6 is 0 Å². The number of hydrogen-bond donors (Lipinski definition) is 0. The van der Waals surface area contributed by atoms with Gasteiger partial charge in [-0.15, -0.1) is 4.98 Å². The van der Waals surface area contributed by atoms with E-state index in [0.717, 1.165) is 17.0 Å². The Labute approximate surface area is 70.5 Å². The molecule has 0 aromatic carbocycles. The number of nitrogens with zero attached hydrogens (tertiary/aromatic N) is 4. The first-order valence-electron chi connectivity index (χ1n) is 3.85. The van der Waals surface area contributed by atoms with Crippen LogP contribution in [0.2, 0.25) is 0 Å². The van der Waals surface area contributed by atoms with Gasteiger partial charge in [0.05, 0.1) is 13.2 Å². The molecule has 0 N–H and O–H groups in total. The standard InChI is InChI=1S/C8H11N4/c1-6-4-9-8-11(3)5-10-12(8)7(6)2/h4-5H,1-3H3/q+1. The summed E-state index contributed by atoms with van der Waals surface area (Å²) in [6.07, 6.45) is 3.63. The molecule has 0 saturated carbocycles. The monoisotopic (exact) mass is 163 g/mol. The van der Waals surface area contributed by atoms with Crippen molar-refractivity contribution in [3.63, 3.8) is 0 Å². The molecule has 2 rings (SSSR count). The van der Waals surface area contributed by atoms with Crippen molar-refractivity contribution in [1.82, 2.24) is 14.6 Å². The van der Waals surface area contributed by atoms with E-state index >= 15 is 0 Å². The van der Waals surface area contributed by atoms with E-state index in [9.17, 15) is 0 Å². The summed E-state index contributed by atoms with van der Waals surface area (Å²) < 4.78 is 3.74. The van der Waals surface area contributed by atoms with Crippen molar-refractivity contribution in [3.05, 3.63) is 23.8 Å². The average molecular weight is 163 g/mol. The van der Waals surface area contributed by atoms with E-state index in [4.69, 9.17) is 0 Å². The zero-order valence-corrected chi connectivity index (χ0v) is 7.44. The predicted molar refractivity (Wildman–Crippen MR) is 43.6 cm³/mol. The van der Waals surface area contributed by atoms with Gasteiger partial charge in [0.25, 0.3) is 0 Å². The van der Waals surface area contributed by atoms with E-state index in [2.05, 4.69) is 10.1 Å². The molecule has 0 unspecified atom stereocenters. The number of rotatable bonds is 0. The third kappa shape index (κ3) is 0.809. The Balaban J connectivity index is 2.93. The molecule has 0 aliphatic carbocycles. The molecule has 0 bridgehead atoms. The molecule has 2 aromatic heterocycles. The van der Waals surface area contributed by atoms with Gasteiger partial charge >= 0.3 is 5.78 Å². The molecule has 0 atom stereocenters. The number of fused-ring (bicyclic) bond motifs is 1. The summed E-state index contributed by atoms with van der Waals surface area (Å²) in [5.41, 5.74) is 2.30. The van der Waals surface area contributed by atoms with Crippen molar-refractivity contribution in [3.8, 4) is 0 Å². The van der Waals surface area contributed by atoms with E-state index in [-0.39, 0.29) is 0 Å². The zero-order valence-electron chi connectivity index (χ0n) is 7.44. The highest BCUT2D eigenvalue weighted by Crippen LogP contribution is 2.03. The summed E-state index contributed by atoms with van der Waals surface area (Å²) in [4.78, 5) is 4.26. The van der Waals surface area contributed by atoms with Crippen LogP contribution in [0.1, 0.15) is 11.3 Å². The van der Waals surface area contributed by atoms with E-state index in [0.29, 0.717) is 0 Å². The second-order valence-corrected chi connectivity index (χ2v) is 2.98. The summed E-state index contributed by atoms with van der Waals surface area (Å²) in [5, 5.41) is 4.20. The van der Waals surface area contributed by atoms with Crippen LogP contribution in [0.15, 0.2) is 12.5 Å². The molecule has 0 radical (unpaired) electrons. The summed E-state index contributed by atoms with van der Waals surface area (Å²) in [5.74, 6) is 0.873. The fourth-order valence-corrected chi connectivity index (χ4v) is 1.18. The molecule has 0 saturated heterocycles. The van der Waals surface area contributed by atoms with Crippen LogP contribution in [-0.2, 0) is 7.05 Å². The van der Waals surface area contributed by atoms with Gasteiger partial charge < -0.3 is 0 Å². The first-order valence-corrected chi connectivity index (χ1v) is 3.85. The van der Waals surface area contributed by atoms with Crippen LogP contribution in [0.3, 0.4) is 0 Å². The van der Waals surface area contributed by atoms with E-state index in [1.807, 2.05) is 36.2 Å². The lowest BCUT2D eigenvalue weighted by Gasteiger charge is -1.93. The van der Waals surface area contributed by atoms with Crippen molar-refractivity contribution in [2.75, 3.05) is 0 Å². The molecule has 12 heavy (non-hydrogen) atoms. The quantitative estimate of drug-likeness (QED) is 0.519. The minimum Gasteiger partial charge on any atom is -0.227 e. The largest absolute Gasteiger partial charge is 0.386 e. The summed E-state index contributed by atoms with van der Waals surface area (Å²) in [7, 11) is 1.93. The Morgan fingerprint density at radius 2 is 2.17 bits per heavy atom. The second-order valence-electron chi connectivity index (χ2n) is 2.98. The molecule has 4 heteroatoms. The van der Waals surface area contributed by atoms with Crippen molar-refractivity contribution in [2.45, 2.75) is 13.8 Å². The van der Waals surface area contributed by atoms with Crippen molar-refractivity contribution in [1.29, 1.82) is 0 Å². The molecule has 2 aromatic rings. The van der Waals surface area contributed by atoms with Gasteiger partial charge in [-0.25, -0.2) is 4.57 Å². The van der Waals surface area contributed by atoms with Gasteiger partial charge in [-0.2, -0.15) is 0 Å². The Hall–Kier alpha value is -1.45. The summed E-state index contributed by atoms with van der Waals surface area (Å²) in [6, 6.07) is 0. The third-order valence-electron chi connectivity index (χ3n) is 2.11. The lowest BCUT2D eigenvalue weighted by Crippen LogP contribution is -2.27. The van der Waals surface area contributed by atoms with Gasteiger partial charge in [0.15, 0.2) is 0 Å². The van der Waals surface area contributed by atoms with Crippen LogP contribution in [-0.4, -0.2) is 14.6 Å². The van der Waals surface area contributed by atoms with E-state index in [1.165, 1.54) is 0 Å². The maximum Gasteiger partial charge on any atom is 0.386 e.